The molecule has 2 aromatic rings. The Morgan fingerprint density at radius 3 is 2.62 bits per heavy atom. The highest BCUT2D eigenvalue weighted by Gasteiger charge is 2.22. The van der Waals surface area contributed by atoms with Crippen LogP contribution >= 0.6 is 15.9 Å². The quantitative estimate of drug-likeness (QED) is 0.827. The van der Waals surface area contributed by atoms with Crippen molar-refractivity contribution in [2.75, 3.05) is 6.79 Å². The molecule has 21 heavy (non-hydrogen) atoms. The number of hydrogen-bond donors (Lipinski definition) is 0. The summed E-state index contributed by atoms with van der Waals surface area (Å²) < 4.78 is 36.6. The van der Waals surface area contributed by atoms with Crippen LogP contribution in [-0.4, -0.2) is 29.6 Å². The van der Waals surface area contributed by atoms with Gasteiger partial charge in [-0.05, 0) is 26.0 Å². The van der Waals surface area contributed by atoms with E-state index in [1.54, 1.807) is 26.0 Å². The summed E-state index contributed by atoms with van der Waals surface area (Å²) in [5, 5.41) is 3.42. The first kappa shape index (κ1) is 14.4. The fourth-order valence-corrected chi connectivity index (χ4v) is 3.36. The molecule has 112 valence electrons. The largest absolute Gasteiger partial charge is 0.454 e. The van der Waals surface area contributed by atoms with E-state index in [-0.39, 0.29) is 6.79 Å². The molecule has 0 saturated carbocycles. The highest BCUT2D eigenvalue weighted by atomic mass is 79.9. The van der Waals surface area contributed by atoms with Gasteiger partial charge in [-0.25, -0.2) is 8.42 Å². The molecule has 0 spiro atoms. The van der Waals surface area contributed by atoms with Crippen molar-refractivity contribution in [3.8, 4) is 22.6 Å². The maximum Gasteiger partial charge on any atom is 0.256 e. The second-order valence-corrected chi connectivity index (χ2v) is 8.08. The van der Waals surface area contributed by atoms with E-state index in [1.165, 1.54) is 12.4 Å². The lowest BCUT2D eigenvalue weighted by molar-refractivity contribution is 0.174. The van der Waals surface area contributed by atoms with Crippen molar-refractivity contribution in [2.45, 2.75) is 19.1 Å². The number of nitrogens with zero attached hydrogens (tertiary/aromatic N) is 2. The van der Waals surface area contributed by atoms with E-state index in [2.05, 4.69) is 21.0 Å². The van der Waals surface area contributed by atoms with E-state index in [0.717, 1.165) is 14.1 Å². The molecule has 0 N–H and O–H groups in total. The van der Waals surface area contributed by atoms with Gasteiger partial charge in [-0.15, -0.1) is 0 Å². The van der Waals surface area contributed by atoms with Gasteiger partial charge in [0.25, 0.3) is 10.0 Å². The monoisotopic (exact) mass is 372 g/mol. The first-order valence-corrected chi connectivity index (χ1v) is 8.58. The second-order valence-electron chi connectivity index (χ2n) is 4.88. The summed E-state index contributed by atoms with van der Waals surface area (Å²) in [6, 6.07) is 3.60. The molecule has 0 unspecified atom stereocenters. The molecule has 2 heterocycles. The van der Waals surface area contributed by atoms with Crippen molar-refractivity contribution in [1.29, 1.82) is 0 Å². The van der Waals surface area contributed by atoms with E-state index in [0.29, 0.717) is 17.1 Å². The predicted octanol–water partition coefficient (Wildman–Crippen LogP) is 2.63. The molecule has 0 saturated heterocycles. The van der Waals surface area contributed by atoms with Crippen LogP contribution in [0.5, 0.6) is 11.5 Å². The van der Waals surface area contributed by atoms with Gasteiger partial charge in [0, 0.05) is 15.6 Å². The minimum absolute atomic E-state index is 0.187. The van der Waals surface area contributed by atoms with Crippen molar-refractivity contribution in [3.05, 3.63) is 29.0 Å². The Balaban J connectivity index is 2.05. The van der Waals surface area contributed by atoms with Crippen molar-refractivity contribution < 1.29 is 17.9 Å². The van der Waals surface area contributed by atoms with Gasteiger partial charge in [-0.1, -0.05) is 15.9 Å². The summed E-state index contributed by atoms with van der Waals surface area (Å²) >= 11 is 3.45. The van der Waals surface area contributed by atoms with Crippen molar-refractivity contribution in [3.63, 3.8) is 0 Å². The van der Waals surface area contributed by atoms with Gasteiger partial charge in [0.05, 0.1) is 17.6 Å². The van der Waals surface area contributed by atoms with E-state index < -0.39 is 15.3 Å². The SMILES string of the molecule is CC(C)S(=O)(=O)n1cc(-c2cc3c(cc2Br)OCO3)cn1. The molecule has 0 bridgehead atoms. The number of rotatable bonds is 3. The third-order valence-electron chi connectivity index (χ3n) is 3.19. The van der Waals surface area contributed by atoms with Crippen LogP contribution in [-0.2, 0) is 10.0 Å². The first-order chi connectivity index (χ1) is 9.89. The van der Waals surface area contributed by atoms with Gasteiger partial charge in [-0.2, -0.15) is 9.19 Å². The van der Waals surface area contributed by atoms with Crippen LogP contribution in [0.4, 0.5) is 0 Å². The number of halogens is 1. The molecule has 1 aromatic heterocycles. The summed E-state index contributed by atoms with van der Waals surface area (Å²) in [7, 11) is -3.45. The molecule has 0 aliphatic carbocycles. The van der Waals surface area contributed by atoms with E-state index >= 15 is 0 Å². The zero-order valence-corrected chi connectivity index (χ0v) is 13.8. The third kappa shape index (κ3) is 2.42. The molecule has 0 amide bonds. The Kier molecular flexibility index (Phi) is 3.45. The van der Waals surface area contributed by atoms with Gasteiger partial charge < -0.3 is 9.47 Å². The van der Waals surface area contributed by atoms with Gasteiger partial charge >= 0.3 is 0 Å². The number of aromatic nitrogens is 2. The summed E-state index contributed by atoms with van der Waals surface area (Å²) in [4.78, 5) is 0. The summed E-state index contributed by atoms with van der Waals surface area (Å²) in [5.41, 5.74) is 1.48. The van der Waals surface area contributed by atoms with Gasteiger partial charge in [0.2, 0.25) is 6.79 Å². The summed E-state index contributed by atoms with van der Waals surface area (Å²) in [5.74, 6) is 1.29. The van der Waals surface area contributed by atoms with Crippen LogP contribution in [0.2, 0.25) is 0 Å². The highest BCUT2D eigenvalue weighted by Crippen LogP contribution is 2.40. The summed E-state index contributed by atoms with van der Waals surface area (Å²) in [6.07, 6.45) is 3.01. The zero-order chi connectivity index (χ0) is 15.2. The number of ether oxygens (including phenoxy) is 2. The van der Waals surface area contributed by atoms with E-state index in [1.807, 2.05) is 0 Å². The topological polar surface area (TPSA) is 70.4 Å². The van der Waals surface area contributed by atoms with Crippen molar-refractivity contribution in [2.24, 2.45) is 0 Å². The zero-order valence-electron chi connectivity index (χ0n) is 11.4. The van der Waals surface area contributed by atoms with Gasteiger partial charge in [-0.3, -0.25) is 0 Å². The minimum atomic E-state index is -3.45. The number of benzene rings is 1. The molecule has 8 heteroatoms. The summed E-state index contributed by atoms with van der Waals surface area (Å²) in [6.45, 7) is 3.42. The maximum atomic E-state index is 12.1. The molecule has 1 aliphatic heterocycles. The van der Waals surface area contributed by atoms with Crippen LogP contribution in [0.15, 0.2) is 29.0 Å². The Morgan fingerprint density at radius 1 is 1.29 bits per heavy atom. The Hall–Kier alpha value is -1.54. The molecule has 3 rings (SSSR count). The Morgan fingerprint density at radius 2 is 1.95 bits per heavy atom. The highest BCUT2D eigenvalue weighted by molar-refractivity contribution is 9.10. The standard InChI is InChI=1S/C13H13BrN2O4S/c1-8(2)21(17,18)16-6-9(5-15-16)10-3-12-13(4-11(10)14)20-7-19-12/h3-6,8H,7H2,1-2H3. The lowest BCUT2D eigenvalue weighted by Gasteiger charge is -2.07. The third-order valence-corrected chi connectivity index (χ3v) is 5.76. The Labute approximate surface area is 130 Å². The van der Waals surface area contributed by atoms with Gasteiger partial charge in [0.15, 0.2) is 11.5 Å². The first-order valence-electron chi connectivity index (χ1n) is 6.28. The van der Waals surface area contributed by atoms with E-state index in [4.69, 9.17) is 9.47 Å². The molecule has 6 nitrogen and oxygen atoms in total. The van der Waals surface area contributed by atoms with Crippen molar-refractivity contribution >= 4 is 26.0 Å². The molecule has 0 atom stereocenters. The van der Waals surface area contributed by atoms with Crippen LogP contribution in [0.3, 0.4) is 0 Å². The van der Waals surface area contributed by atoms with Crippen LogP contribution in [0.1, 0.15) is 13.8 Å². The molecule has 1 aromatic carbocycles. The van der Waals surface area contributed by atoms with Crippen LogP contribution in [0, 0.1) is 0 Å². The van der Waals surface area contributed by atoms with Crippen molar-refractivity contribution in [1.82, 2.24) is 9.19 Å². The fraction of sp³-hybridized carbons (Fsp3) is 0.308. The molecule has 1 aliphatic rings. The minimum Gasteiger partial charge on any atom is -0.454 e. The molecule has 0 radical (unpaired) electrons. The molecule has 0 fully saturated rings. The van der Waals surface area contributed by atoms with Gasteiger partial charge in [0.1, 0.15) is 0 Å². The smallest absolute Gasteiger partial charge is 0.256 e. The molecular formula is C13H13BrN2O4S. The normalized spacial score (nSPS) is 13.9. The number of hydrogen-bond acceptors (Lipinski definition) is 5. The van der Waals surface area contributed by atoms with Crippen LogP contribution < -0.4 is 9.47 Å². The Bertz CT molecular complexity index is 798. The average molecular weight is 373 g/mol. The lowest BCUT2D eigenvalue weighted by Crippen LogP contribution is -2.22. The van der Waals surface area contributed by atoms with E-state index in [9.17, 15) is 8.42 Å². The lowest BCUT2D eigenvalue weighted by atomic mass is 10.1. The maximum absolute atomic E-state index is 12.1. The second kappa shape index (κ2) is 5.03. The van der Waals surface area contributed by atoms with Crippen LogP contribution in [0.25, 0.3) is 11.1 Å². The number of fused-ring (bicyclic) bond motifs is 1. The molecular weight excluding hydrogens is 360 g/mol. The predicted molar refractivity (Wildman–Crippen MR) is 80.9 cm³/mol. The fourth-order valence-electron chi connectivity index (χ4n) is 1.94. The average Bonchev–Trinajstić information content (AvgIpc) is 3.05.